The van der Waals surface area contributed by atoms with Crippen molar-refractivity contribution in [3.63, 3.8) is 0 Å². The Labute approximate surface area is 101 Å². The second-order valence-electron chi connectivity index (χ2n) is 4.02. The molecule has 0 aromatic heterocycles. The largest absolute Gasteiger partial charge is 0.396 e. The number of aliphatic hydroxyl groups is 3. The van der Waals surface area contributed by atoms with Gasteiger partial charge in [-0.25, -0.2) is 0 Å². The third kappa shape index (κ3) is 3.64. The molecule has 1 rings (SSSR count). The maximum absolute atomic E-state index is 9.94. The van der Waals surface area contributed by atoms with Crippen LogP contribution in [0.3, 0.4) is 0 Å². The van der Waals surface area contributed by atoms with Crippen molar-refractivity contribution in [3.8, 4) is 0 Å². The Balaban J connectivity index is 2.74. The summed E-state index contributed by atoms with van der Waals surface area (Å²) in [7, 11) is 0. The standard InChI is InChI=1S/C12H20O5/c1-3-5-9(14)12-11(15)8(7-13)6-10(17-12)16-4-2/h5,8-15H,1,4,6-7H2,2H3/t8-,9+,10+,11+,12-/m1/s1. The van der Waals surface area contributed by atoms with Gasteiger partial charge in [-0.2, -0.15) is 0 Å². The molecule has 1 aliphatic heterocycles. The van der Waals surface area contributed by atoms with Crippen LogP contribution in [0.1, 0.15) is 13.3 Å². The van der Waals surface area contributed by atoms with E-state index in [4.69, 9.17) is 9.47 Å². The fraction of sp³-hybridized carbons (Fsp3) is 0.750. The van der Waals surface area contributed by atoms with Crippen LogP contribution in [0.4, 0.5) is 0 Å². The maximum Gasteiger partial charge on any atom is 0.158 e. The highest BCUT2D eigenvalue weighted by molar-refractivity contribution is 4.96. The molecule has 5 heteroatoms. The first kappa shape index (κ1) is 14.4. The minimum absolute atomic E-state index is 0.172. The number of hydrogen-bond acceptors (Lipinski definition) is 5. The van der Waals surface area contributed by atoms with Gasteiger partial charge in [-0.15, -0.1) is 5.73 Å². The summed E-state index contributed by atoms with van der Waals surface area (Å²) in [5.74, 6) is -0.363. The number of aliphatic hydroxyl groups excluding tert-OH is 3. The van der Waals surface area contributed by atoms with E-state index < -0.39 is 24.6 Å². The molecule has 0 spiro atoms. The van der Waals surface area contributed by atoms with Crippen molar-refractivity contribution in [2.45, 2.75) is 37.9 Å². The van der Waals surface area contributed by atoms with Crippen molar-refractivity contribution in [1.29, 1.82) is 0 Å². The number of rotatable bonds is 5. The van der Waals surface area contributed by atoms with Crippen LogP contribution in [0.15, 0.2) is 18.4 Å². The van der Waals surface area contributed by atoms with E-state index in [-0.39, 0.29) is 12.5 Å². The SMILES string of the molecule is C=C=C[C@H](O)[C@H]1O[C@H](OCC)C[C@H](CO)[C@@H]1O. The lowest BCUT2D eigenvalue weighted by atomic mass is 9.89. The van der Waals surface area contributed by atoms with Gasteiger partial charge < -0.3 is 24.8 Å². The Kier molecular flexibility index (Phi) is 5.85. The molecule has 0 unspecified atom stereocenters. The molecule has 0 aromatic carbocycles. The van der Waals surface area contributed by atoms with Crippen molar-refractivity contribution in [2.24, 2.45) is 5.92 Å². The number of ether oxygens (including phenoxy) is 2. The van der Waals surface area contributed by atoms with Crippen LogP contribution in [0.2, 0.25) is 0 Å². The Morgan fingerprint density at radius 2 is 2.35 bits per heavy atom. The van der Waals surface area contributed by atoms with Crippen molar-refractivity contribution >= 4 is 0 Å². The fourth-order valence-electron chi connectivity index (χ4n) is 1.94. The molecule has 0 aliphatic carbocycles. The summed E-state index contributed by atoms with van der Waals surface area (Å²) in [6, 6.07) is 0. The average Bonchev–Trinajstić information content (AvgIpc) is 2.31. The van der Waals surface area contributed by atoms with Gasteiger partial charge in [0.05, 0.1) is 6.10 Å². The van der Waals surface area contributed by atoms with E-state index in [1.807, 2.05) is 6.92 Å². The smallest absolute Gasteiger partial charge is 0.158 e. The molecular formula is C12H20O5. The van der Waals surface area contributed by atoms with Gasteiger partial charge in [0.25, 0.3) is 0 Å². The zero-order valence-corrected chi connectivity index (χ0v) is 9.95. The minimum atomic E-state index is -1.01. The second kappa shape index (κ2) is 6.91. The van der Waals surface area contributed by atoms with Gasteiger partial charge in [-0.3, -0.25) is 0 Å². The zero-order valence-electron chi connectivity index (χ0n) is 9.95. The van der Waals surface area contributed by atoms with Crippen molar-refractivity contribution in [2.75, 3.05) is 13.2 Å². The third-order valence-electron chi connectivity index (χ3n) is 2.84. The molecule has 0 saturated carbocycles. The van der Waals surface area contributed by atoms with Crippen LogP contribution in [-0.4, -0.2) is 53.1 Å². The minimum Gasteiger partial charge on any atom is -0.396 e. The van der Waals surface area contributed by atoms with Crippen LogP contribution < -0.4 is 0 Å². The molecule has 0 bridgehead atoms. The van der Waals surface area contributed by atoms with Gasteiger partial charge in [0.2, 0.25) is 0 Å². The summed E-state index contributed by atoms with van der Waals surface area (Å²) in [5.41, 5.74) is 2.45. The van der Waals surface area contributed by atoms with E-state index in [1.54, 1.807) is 0 Å². The maximum atomic E-state index is 9.94. The Morgan fingerprint density at radius 3 is 2.88 bits per heavy atom. The Morgan fingerprint density at radius 1 is 1.65 bits per heavy atom. The topological polar surface area (TPSA) is 79.2 Å². The molecule has 0 radical (unpaired) electrons. The van der Waals surface area contributed by atoms with E-state index in [9.17, 15) is 15.3 Å². The average molecular weight is 244 g/mol. The summed E-state index contributed by atoms with van der Waals surface area (Å²) in [6.07, 6.45) is -1.57. The summed E-state index contributed by atoms with van der Waals surface area (Å²) < 4.78 is 10.8. The first-order valence-corrected chi connectivity index (χ1v) is 5.74. The molecule has 3 N–H and O–H groups in total. The molecule has 0 aromatic rings. The van der Waals surface area contributed by atoms with Crippen LogP contribution in [0, 0.1) is 5.92 Å². The van der Waals surface area contributed by atoms with Crippen LogP contribution in [0.5, 0.6) is 0 Å². The van der Waals surface area contributed by atoms with Crippen molar-refractivity contribution in [1.82, 2.24) is 0 Å². The fourth-order valence-corrected chi connectivity index (χ4v) is 1.94. The molecule has 1 heterocycles. The lowest BCUT2D eigenvalue weighted by Gasteiger charge is -2.39. The Bertz CT molecular complexity index is 274. The predicted molar refractivity (Wildman–Crippen MR) is 61.2 cm³/mol. The predicted octanol–water partition coefficient (Wildman–Crippen LogP) is -0.191. The molecule has 5 atom stereocenters. The first-order chi connectivity index (χ1) is 8.13. The van der Waals surface area contributed by atoms with Crippen LogP contribution >= 0.6 is 0 Å². The van der Waals surface area contributed by atoms with E-state index in [0.717, 1.165) is 0 Å². The number of hydrogen-bond donors (Lipinski definition) is 3. The molecule has 17 heavy (non-hydrogen) atoms. The third-order valence-corrected chi connectivity index (χ3v) is 2.84. The second-order valence-corrected chi connectivity index (χ2v) is 4.02. The van der Waals surface area contributed by atoms with Crippen LogP contribution in [0.25, 0.3) is 0 Å². The molecule has 5 nitrogen and oxygen atoms in total. The van der Waals surface area contributed by atoms with Gasteiger partial charge in [0, 0.05) is 25.6 Å². The molecule has 98 valence electrons. The quantitative estimate of drug-likeness (QED) is 0.584. The first-order valence-electron chi connectivity index (χ1n) is 5.74. The summed E-state index contributed by atoms with van der Waals surface area (Å²) in [5, 5.41) is 28.9. The highest BCUT2D eigenvalue weighted by Gasteiger charge is 2.40. The summed E-state index contributed by atoms with van der Waals surface area (Å²) in [4.78, 5) is 0. The van der Waals surface area contributed by atoms with Crippen LogP contribution in [-0.2, 0) is 9.47 Å². The lowest BCUT2D eigenvalue weighted by Crippen LogP contribution is -2.51. The highest BCUT2D eigenvalue weighted by atomic mass is 16.7. The van der Waals surface area contributed by atoms with Gasteiger partial charge in [-0.05, 0) is 13.0 Å². The molecule has 1 fully saturated rings. The Hall–Kier alpha value is -0.680. The van der Waals surface area contributed by atoms with Gasteiger partial charge >= 0.3 is 0 Å². The molecule has 1 aliphatic rings. The molecule has 1 saturated heterocycles. The summed E-state index contributed by atoms with van der Waals surface area (Å²) in [6.45, 7) is 5.49. The van der Waals surface area contributed by atoms with E-state index >= 15 is 0 Å². The summed E-state index contributed by atoms with van der Waals surface area (Å²) >= 11 is 0. The van der Waals surface area contributed by atoms with Gasteiger partial charge in [0.1, 0.15) is 12.2 Å². The van der Waals surface area contributed by atoms with E-state index in [1.165, 1.54) is 6.08 Å². The zero-order chi connectivity index (χ0) is 12.8. The highest BCUT2D eigenvalue weighted by Crippen LogP contribution is 2.28. The van der Waals surface area contributed by atoms with Crippen molar-refractivity contribution in [3.05, 3.63) is 18.4 Å². The monoisotopic (exact) mass is 244 g/mol. The van der Waals surface area contributed by atoms with Crippen molar-refractivity contribution < 1.29 is 24.8 Å². The van der Waals surface area contributed by atoms with E-state index in [0.29, 0.717) is 13.0 Å². The normalized spacial score (nSPS) is 35.1. The molecular weight excluding hydrogens is 224 g/mol. The van der Waals surface area contributed by atoms with Gasteiger partial charge in [0.15, 0.2) is 6.29 Å². The van der Waals surface area contributed by atoms with Gasteiger partial charge in [-0.1, -0.05) is 6.58 Å². The molecule has 0 amide bonds. The van der Waals surface area contributed by atoms with E-state index in [2.05, 4.69) is 12.3 Å². The lowest BCUT2D eigenvalue weighted by molar-refractivity contribution is -0.255.